The molecule has 2 rings (SSSR count). The van der Waals surface area contributed by atoms with Gasteiger partial charge >= 0.3 is 0 Å². The molecule has 1 aliphatic rings. The standard InChI is InChI=1S/C12H17NO4/c1-7-2-4-8(5-3-7)13-12-11(16)10(15)9(14)6-17-12/h2-5,9-16H,6H2,1H3/t9-,10+,11-,12?/m1/s1. The van der Waals surface area contributed by atoms with Crippen molar-refractivity contribution in [2.45, 2.75) is 31.5 Å². The maximum Gasteiger partial charge on any atom is 0.156 e. The highest BCUT2D eigenvalue weighted by Gasteiger charge is 2.37. The van der Waals surface area contributed by atoms with Gasteiger partial charge < -0.3 is 25.4 Å². The summed E-state index contributed by atoms with van der Waals surface area (Å²) in [5.41, 5.74) is 1.93. The minimum absolute atomic E-state index is 0.00174. The van der Waals surface area contributed by atoms with Crippen LogP contribution in [0.15, 0.2) is 24.3 Å². The van der Waals surface area contributed by atoms with Crippen LogP contribution < -0.4 is 5.32 Å². The molecule has 1 aromatic rings. The van der Waals surface area contributed by atoms with Crippen molar-refractivity contribution in [2.24, 2.45) is 0 Å². The van der Waals surface area contributed by atoms with E-state index < -0.39 is 24.5 Å². The van der Waals surface area contributed by atoms with Gasteiger partial charge in [-0.05, 0) is 19.1 Å². The monoisotopic (exact) mass is 239 g/mol. The Balaban J connectivity index is 2.01. The van der Waals surface area contributed by atoms with Gasteiger partial charge in [-0.25, -0.2) is 0 Å². The molecule has 5 nitrogen and oxygen atoms in total. The molecule has 94 valence electrons. The average molecular weight is 239 g/mol. The molecule has 1 heterocycles. The summed E-state index contributed by atoms with van der Waals surface area (Å²) in [5, 5.41) is 31.5. The van der Waals surface area contributed by atoms with Gasteiger partial charge in [0.1, 0.15) is 18.3 Å². The first-order valence-corrected chi connectivity index (χ1v) is 5.57. The van der Waals surface area contributed by atoms with Crippen LogP contribution in [0, 0.1) is 6.92 Å². The number of ether oxygens (including phenoxy) is 1. The second-order valence-corrected chi connectivity index (χ2v) is 4.31. The number of rotatable bonds is 2. The van der Waals surface area contributed by atoms with Gasteiger partial charge in [0.25, 0.3) is 0 Å². The Kier molecular flexibility index (Phi) is 3.63. The molecule has 0 saturated carbocycles. The van der Waals surface area contributed by atoms with Crippen molar-refractivity contribution in [3.8, 4) is 0 Å². The summed E-state index contributed by atoms with van der Waals surface area (Å²) in [6, 6.07) is 7.59. The van der Waals surface area contributed by atoms with Crippen LogP contribution in [0.5, 0.6) is 0 Å². The Morgan fingerprint density at radius 1 is 1.12 bits per heavy atom. The first-order chi connectivity index (χ1) is 8.08. The van der Waals surface area contributed by atoms with Crippen LogP contribution in [-0.2, 0) is 4.74 Å². The van der Waals surface area contributed by atoms with Crippen LogP contribution in [0.3, 0.4) is 0 Å². The van der Waals surface area contributed by atoms with E-state index in [0.29, 0.717) is 0 Å². The highest BCUT2D eigenvalue weighted by molar-refractivity contribution is 5.45. The number of nitrogens with one attached hydrogen (secondary N) is 1. The Bertz CT molecular complexity index is 367. The summed E-state index contributed by atoms with van der Waals surface area (Å²) in [4.78, 5) is 0. The van der Waals surface area contributed by atoms with Crippen LogP contribution in [0.2, 0.25) is 0 Å². The van der Waals surface area contributed by atoms with Gasteiger partial charge in [-0.3, -0.25) is 0 Å². The quantitative estimate of drug-likeness (QED) is 0.577. The molecule has 17 heavy (non-hydrogen) atoms. The lowest BCUT2D eigenvalue weighted by atomic mass is 10.0. The number of benzene rings is 1. The van der Waals surface area contributed by atoms with Crippen LogP contribution in [0.25, 0.3) is 0 Å². The second kappa shape index (κ2) is 5.01. The van der Waals surface area contributed by atoms with Crippen LogP contribution in [0.4, 0.5) is 5.69 Å². The second-order valence-electron chi connectivity index (χ2n) is 4.31. The lowest BCUT2D eigenvalue weighted by Crippen LogP contribution is -2.55. The third-order valence-electron chi connectivity index (χ3n) is 2.86. The largest absolute Gasteiger partial charge is 0.388 e. The van der Waals surface area contributed by atoms with E-state index in [0.717, 1.165) is 11.3 Å². The van der Waals surface area contributed by atoms with E-state index in [2.05, 4.69) is 5.32 Å². The Morgan fingerprint density at radius 2 is 1.76 bits per heavy atom. The number of aliphatic hydroxyl groups excluding tert-OH is 3. The Morgan fingerprint density at radius 3 is 2.41 bits per heavy atom. The number of hydrogen-bond acceptors (Lipinski definition) is 5. The van der Waals surface area contributed by atoms with Crippen molar-refractivity contribution in [1.82, 2.24) is 0 Å². The maximum absolute atomic E-state index is 9.73. The lowest BCUT2D eigenvalue weighted by Gasteiger charge is -2.35. The van der Waals surface area contributed by atoms with Gasteiger partial charge in [-0.1, -0.05) is 17.7 Å². The summed E-state index contributed by atoms with van der Waals surface area (Å²) in [6.45, 7) is 1.98. The molecule has 1 saturated heterocycles. The van der Waals surface area contributed by atoms with E-state index in [-0.39, 0.29) is 6.61 Å². The number of hydrogen-bond donors (Lipinski definition) is 4. The number of anilines is 1. The van der Waals surface area contributed by atoms with Crippen molar-refractivity contribution in [3.05, 3.63) is 29.8 Å². The van der Waals surface area contributed by atoms with Crippen molar-refractivity contribution in [1.29, 1.82) is 0 Å². The van der Waals surface area contributed by atoms with Crippen molar-refractivity contribution >= 4 is 5.69 Å². The highest BCUT2D eigenvalue weighted by atomic mass is 16.5. The van der Waals surface area contributed by atoms with Crippen LogP contribution >= 0.6 is 0 Å². The molecule has 4 N–H and O–H groups in total. The van der Waals surface area contributed by atoms with Crippen molar-refractivity contribution in [2.75, 3.05) is 11.9 Å². The molecule has 4 atom stereocenters. The smallest absolute Gasteiger partial charge is 0.156 e. The summed E-state index contributed by atoms with van der Waals surface area (Å²) in [7, 11) is 0. The minimum atomic E-state index is -1.19. The molecule has 0 bridgehead atoms. The predicted octanol–water partition coefficient (Wildman–Crippen LogP) is -0.154. The van der Waals surface area contributed by atoms with E-state index >= 15 is 0 Å². The van der Waals surface area contributed by atoms with Gasteiger partial charge in [0.15, 0.2) is 6.23 Å². The van der Waals surface area contributed by atoms with Gasteiger partial charge in [0.05, 0.1) is 6.61 Å². The summed E-state index contributed by atoms with van der Waals surface area (Å²) in [5.74, 6) is 0. The molecule has 1 fully saturated rings. The van der Waals surface area contributed by atoms with Crippen molar-refractivity contribution < 1.29 is 20.1 Å². The molecule has 0 aliphatic carbocycles. The molecule has 0 spiro atoms. The van der Waals surface area contributed by atoms with Crippen LogP contribution in [-0.4, -0.2) is 46.5 Å². The maximum atomic E-state index is 9.73. The third-order valence-corrected chi connectivity index (χ3v) is 2.86. The minimum Gasteiger partial charge on any atom is -0.388 e. The van der Waals surface area contributed by atoms with Crippen molar-refractivity contribution in [3.63, 3.8) is 0 Å². The Hall–Kier alpha value is -1.14. The topological polar surface area (TPSA) is 82.0 Å². The lowest BCUT2D eigenvalue weighted by molar-refractivity contribution is -0.178. The third kappa shape index (κ3) is 2.76. The normalized spacial score (nSPS) is 33.4. The number of aryl methyl sites for hydroxylation is 1. The summed E-state index contributed by atoms with van der Waals surface area (Å²) >= 11 is 0. The zero-order valence-corrected chi connectivity index (χ0v) is 9.58. The first kappa shape index (κ1) is 12.3. The fourth-order valence-electron chi connectivity index (χ4n) is 1.75. The zero-order valence-electron chi connectivity index (χ0n) is 9.58. The van der Waals surface area contributed by atoms with E-state index in [9.17, 15) is 15.3 Å². The van der Waals surface area contributed by atoms with E-state index in [4.69, 9.17) is 4.74 Å². The highest BCUT2D eigenvalue weighted by Crippen LogP contribution is 2.18. The number of aliphatic hydroxyl groups is 3. The molecule has 1 unspecified atom stereocenters. The van der Waals surface area contributed by atoms with E-state index in [1.54, 1.807) is 0 Å². The van der Waals surface area contributed by atoms with Crippen LogP contribution in [0.1, 0.15) is 5.56 Å². The fourth-order valence-corrected chi connectivity index (χ4v) is 1.75. The molecule has 1 aromatic carbocycles. The predicted molar refractivity (Wildman–Crippen MR) is 62.6 cm³/mol. The molecule has 5 heteroatoms. The van der Waals surface area contributed by atoms with E-state index in [1.165, 1.54) is 0 Å². The first-order valence-electron chi connectivity index (χ1n) is 5.57. The fraction of sp³-hybridized carbons (Fsp3) is 0.500. The molecule has 0 aromatic heterocycles. The van der Waals surface area contributed by atoms with Gasteiger partial charge in [0, 0.05) is 5.69 Å². The summed E-state index contributed by atoms with van der Waals surface area (Å²) in [6.07, 6.45) is -4.09. The average Bonchev–Trinajstić information content (AvgIpc) is 2.33. The Labute approximate surface area is 99.7 Å². The zero-order chi connectivity index (χ0) is 12.4. The summed E-state index contributed by atoms with van der Waals surface area (Å²) < 4.78 is 5.24. The van der Waals surface area contributed by atoms with Gasteiger partial charge in [-0.15, -0.1) is 0 Å². The molecular weight excluding hydrogens is 222 g/mol. The van der Waals surface area contributed by atoms with Gasteiger partial charge in [0.2, 0.25) is 0 Å². The molecule has 1 aliphatic heterocycles. The van der Waals surface area contributed by atoms with E-state index in [1.807, 2.05) is 31.2 Å². The molecule has 0 amide bonds. The molecular formula is C12H17NO4. The SMILES string of the molecule is Cc1ccc(NC2OC[C@@H](O)[C@H](O)[C@H]2O)cc1. The van der Waals surface area contributed by atoms with Gasteiger partial charge in [-0.2, -0.15) is 0 Å². The molecule has 0 radical (unpaired) electrons.